The molecule has 3 N–H and O–H groups in total. The molecule has 1 rings (SSSR count). The molecule has 0 unspecified atom stereocenters. The van der Waals surface area contributed by atoms with Crippen molar-refractivity contribution in [3.05, 3.63) is 29.8 Å². The normalized spacial score (nSPS) is 12.6. The Balaban J connectivity index is 2.55. The first-order valence-corrected chi connectivity index (χ1v) is 8.84. The fourth-order valence-corrected chi connectivity index (χ4v) is 3.87. The molecule has 0 aliphatic rings. The van der Waals surface area contributed by atoms with Crippen LogP contribution in [0.5, 0.6) is 0 Å². The number of nitrogens with one attached hydrogen (secondary N) is 1. The van der Waals surface area contributed by atoms with Gasteiger partial charge in [-0.25, -0.2) is 0 Å². The quantitative estimate of drug-likeness (QED) is 0.510. The lowest BCUT2D eigenvalue weighted by Crippen LogP contribution is -2.30. The Morgan fingerprint density at radius 2 is 1.75 bits per heavy atom. The minimum atomic E-state index is -4.84. The lowest BCUT2D eigenvalue weighted by atomic mass is 10.2. The zero-order chi connectivity index (χ0) is 15.4. The van der Waals surface area contributed by atoms with E-state index in [1.54, 1.807) is 0 Å². The highest BCUT2D eigenvalue weighted by Crippen LogP contribution is 2.14. The van der Waals surface area contributed by atoms with Crippen molar-refractivity contribution in [2.75, 3.05) is 11.9 Å². The van der Waals surface area contributed by atoms with Gasteiger partial charge in [0.05, 0.1) is 0 Å². The number of anilines is 1. The maximum absolute atomic E-state index is 10.9. The minimum absolute atomic E-state index is 0.151. The van der Waals surface area contributed by atoms with Gasteiger partial charge in [0, 0.05) is 12.2 Å². The minimum Gasteiger partial charge on any atom is -0.385 e. The van der Waals surface area contributed by atoms with Crippen LogP contribution in [0.2, 0.25) is 0 Å². The van der Waals surface area contributed by atoms with Crippen molar-refractivity contribution in [2.24, 2.45) is 0 Å². The van der Waals surface area contributed by atoms with Crippen molar-refractivity contribution >= 4 is 25.9 Å². The van der Waals surface area contributed by atoms with Crippen molar-refractivity contribution in [2.45, 2.75) is 24.3 Å². The van der Waals surface area contributed by atoms with E-state index in [-0.39, 0.29) is 6.42 Å². The monoisotopic (exact) mass is 323 g/mol. The van der Waals surface area contributed by atoms with E-state index in [1.807, 2.05) is 31.2 Å². The molecular formula is C11H17NO6S2. The van der Waals surface area contributed by atoms with E-state index in [0.717, 1.165) is 11.3 Å². The predicted molar refractivity (Wildman–Crippen MR) is 75.8 cm³/mol. The molecule has 0 aromatic heterocycles. The summed E-state index contributed by atoms with van der Waals surface area (Å²) in [6.07, 6.45) is -0.241. The molecule has 0 aliphatic carbocycles. The van der Waals surface area contributed by atoms with E-state index in [2.05, 4.69) is 5.32 Å². The Labute approximate surface area is 118 Å². The molecule has 0 saturated heterocycles. The van der Waals surface area contributed by atoms with Gasteiger partial charge in [-0.3, -0.25) is 9.11 Å². The zero-order valence-electron chi connectivity index (χ0n) is 10.9. The van der Waals surface area contributed by atoms with Gasteiger partial charge in [-0.05, 0) is 37.5 Å². The summed E-state index contributed by atoms with van der Waals surface area (Å²) < 4.78 is 58.9. The largest absolute Gasteiger partial charge is 0.385 e. The Morgan fingerprint density at radius 1 is 1.15 bits per heavy atom. The highest BCUT2D eigenvalue weighted by atomic mass is 32.3. The van der Waals surface area contributed by atoms with Crippen LogP contribution >= 0.6 is 0 Å². The number of hydrogen-bond acceptors (Lipinski definition) is 5. The molecule has 1 aromatic carbocycles. The summed E-state index contributed by atoms with van der Waals surface area (Å²) >= 11 is 0. The van der Waals surface area contributed by atoms with Crippen LogP contribution in [0.15, 0.2) is 24.3 Å². The average Bonchev–Trinajstić information content (AvgIpc) is 2.25. The standard InChI is InChI=1S/C11H17NO6S2/c1-9-4-2-5-10(8-9)12-7-3-6-11(19(13,14)15)20(16,17)18/h2,4-5,8,11-12H,3,6-7H2,1H3,(H,13,14,15)(H,16,17,18). The Kier molecular flexibility index (Phi) is 5.51. The molecular weight excluding hydrogens is 306 g/mol. The first kappa shape index (κ1) is 16.9. The van der Waals surface area contributed by atoms with E-state index >= 15 is 0 Å². The molecule has 0 radical (unpaired) electrons. The van der Waals surface area contributed by atoms with Gasteiger partial charge in [0.15, 0.2) is 0 Å². The van der Waals surface area contributed by atoms with Crippen LogP contribution in [0.1, 0.15) is 18.4 Å². The number of aryl methyl sites for hydroxylation is 1. The van der Waals surface area contributed by atoms with E-state index in [0.29, 0.717) is 6.54 Å². The molecule has 0 saturated carbocycles. The predicted octanol–water partition coefficient (Wildman–Crippen LogP) is 1.29. The summed E-state index contributed by atoms with van der Waals surface area (Å²) in [7, 11) is -9.68. The third kappa shape index (κ3) is 5.45. The summed E-state index contributed by atoms with van der Waals surface area (Å²) in [4.78, 5) is 0. The second-order valence-electron chi connectivity index (χ2n) is 4.40. The van der Waals surface area contributed by atoms with Gasteiger partial charge in [-0.1, -0.05) is 12.1 Å². The van der Waals surface area contributed by atoms with Gasteiger partial charge in [0.2, 0.25) is 4.58 Å². The Morgan fingerprint density at radius 3 is 2.25 bits per heavy atom. The summed E-state index contributed by atoms with van der Waals surface area (Å²) in [6, 6.07) is 7.45. The Hall–Kier alpha value is -1.16. The van der Waals surface area contributed by atoms with Crippen molar-refractivity contribution in [1.82, 2.24) is 0 Å². The fourth-order valence-electron chi connectivity index (χ4n) is 1.71. The molecule has 0 heterocycles. The van der Waals surface area contributed by atoms with Crippen LogP contribution < -0.4 is 5.32 Å². The Bertz CT molecular complexity index is 621. The number of benzene rings is 1. The first-order chi connectivity index (χ1) is 9.10. The van der Waals surface area contributed by atoms with Crippen LogP contribution in [0.25, 0.3) is 0 Å². The molecule has 0 atom stereocenters. The molecule has 0 amide bonds. The lowest BCUT2D eigenvalue weighted by molar-refractivity contribution is 0.449. The van der Waals surface area contributed by atoms with Crippen LogP contribution in [0.3, 0.4) is 0 Å². The third-order valence-corrected chi connectivity index (χ3v) is 5.89. The summed E-state index contributed by atoms with van der Waals surface area (Å²) in [5, 5.41) is 2.99. The molecule has 0 bridgehead atoms. The van der Waals surface area contributed by atoms with E-state index in [9.17, 15) is 16.8 Å². The van der Waals surface area contributed by atoms with Gasteiger partial charge < -0.3 is 5.32 Å². The summed E-state index contributed by atoms with van der Waals surface area (Å²) in [5.74, 6) is 0. The van der Waals surface area contributed by atoms with Crippen LogP contribution in [-0.2, 0) is 20.2 Å². The smallest absolute Gasteiger partial charge is 0.284 e. The van der Waals surface area contributed by atoms with E-state index in [4.69, 9.17) is 9.11 Å². The first-order valence-electron chi connectivity index (χ1n) is 5.84. The van der Waals surface area contributed by atoms with Gasteiger partial charge >= 0.3 is 0 Å². The highest BCUT2D eigenvalue weighted by molar-refractivity contribution is 8.03. The molecule has 7 nitrogen and oxygen atoms in total. The van der Waals surface area contributed by atoms with Crippen molar-refractivity contribution in [1.29, 1.82) is 0 Å². The summed E-state index contributed by atoms with van der Waals surface area (Å²) in [6.45, 7) is 2.23. The maximum Gasteiger partial charge on any atom is 0.284 e. The van der Waals surface area contributed by atoms with Gasteiger partial charge in [-0.2, -0.15) is 16.8 Å². The molecule has 114 valence electrons. The molecule has 0 fully saturated rings. The van der Waals surface area contributed by atoms with E-state index < -0.39 is 31.2 Å². The molecule has 1 aromatic rings. The maximum atomic E-state index is 10.9. The van der Waals surface area contributed by atoms with Gasteiger partial charge in [0.25, 0.3) is 20.2 Å². The van der Waals surface area contributed by atoms with Crippen molar-refractivity contribution < 1.29 is 25.9 Å². The lowest BCUT2D eigenvalue weighted by Gasteiger charge is -2.11. The van der Waals surface area contributed by atoms with Crippen molar-refractivity contribution in [3.8, 4) is 0 Å². The van der Waals surface area contributed by atoms with Gasteiger partial charge in [0.1, 0.15) is 0 Å². The second kappa shape index (κ2) is 6.53. The van der Waals surface area contributed by atoms with Crippen LogP contribution in [0, 0.1) is 6.92 Å². The second-order valence-corrected chi connectivity index (χ2v) is 7.89. The number of hydrogen-bond donors (Lipinski definition) is 3. The highest BCUT2D eigenvalue weighted by Gasteiger charge is 2.34. The van der Waals surface area contributed by atoms with Crippen LogP contribution in [-0.4, -0.2) is 37.1 Å². The van der Waals surface area contributed by atoms with Crippen molar-refractivity contribution in [3.63, 3.8) is 0 Å². The third-order valence-electron chi connectivity index (χ3n) is 2.63. The topological polar surface area (TPSA) is 121 Å². The summed E-state index contributed by atoms with van der Waals surface area (Å²) in [5.41, 5.74) is 1.86. The number of rotatable bonds is 7. The van der Waals surface area contributed by atoms with E-state index in [1.165, 1.54) is 0 Å². The fraction of sp³-hybridized carbons (Fsp3) is 0.455. The molecule has 20 heavy (non-hydrogen) atoms. The molecule has 9 heteroatoms. The van der Waals surface area contributed by atoms with Crippen LogP contribution in [0.4, 0.5) is 5.69 Å². The van der Waals surface area contributed by atoms with Gasteiger partial charge in [-0.15, -0.1) is 0 Å². The molecule has 0 aliphatic heterocycles. The zero-order valence-corrected chi connectivity index (χ0v) is 12.5. The molecule has 0 spiro atoms. The average molecular weight is 323 g/mol. The SMILES string of the molecule is Cc1cccc(NCCCC(S(=O)(=O)O)S(=O)(=O)O)c1.